The summed E-state index contributed by atoms with van der Waals surface area (Å²) in [5, 5.41) is 13.6. The van der Waals surface area contributed by atoms with Crippen molar-refractivity contribution in [2.75, 3.05) is 0 Å². The highest BCUT2D eigenvalue weighted by atomic mass is 35.5. The first-order valence-corrected chi connectivity index (χ1v) is 8.63. The zero-order valence-electron chi connectivity index (χ0n) is 13.9. The Morgan fingerprint density at radius 1 is 0.963 bits per heavy atom. The van der Waals surface area contributed by atoms with E-state index in [1.54, 1.807) is 24.3 Å². The number of hydrogen-bond donors (Lipinski definition) is 2. The Kier molecular flexibility index (Phi) is 5.96. The molecule has 0 saturated carbocycles. The molecular weight excluding hydrogens is 387 g/mol. The summed E-state index contributed by atoms with van der Waals surface area (Å²) in [6.45, 7) is 0. The van der Waals surface area contributed by atoms with E-state index in [1.807, 2.05) is 30.3 Å². The number of hydrazone groups is 1. The molecule has 0 fully saturated rings. The lowest BCUT2D eigenvalue weighted by Gasteiger charge is -2.07. The van der Waals surface area contributed by atoms with Crippen LogP contribution in [0.3, 0.4) is 0 Å². The average molecular weight is 401 g/mol. The Morgan fingerprint density at radius 2 is 1.63 bits per heavy atom. The summed E-state index contributed by atoms with van der Waals surface area (Å²) in [6, 6.07) is 19.0. The number of carbonyl (C=O) groups is 1. The predicted octanol–water partition coefficient (Wildman–Crippen LogP) is 5.26. The van der Waals surface area contributed by atoms with E-state index in [2.05, 4.69) is 10.5 Å². The number of rotatable bonds is 5. The monoisotopic (exact) mass is 400 g/mol. The highest BCUT2D eigenvalue weighted by molar-refractivity contribution is 6.37. The van der Waals surface area contributed by atoms with Gasteiger partial charge >= 0.3 is 0 Å². The van der Waals surface area contributed by atoms with Crippen molar-refractivity contribution in [2.24, 2.45) is 5.10 Å². The van der Waals surface area contributed by atoms with E-state index in [0.29, 0.717) is 22.6 Å². The molecule has 0 aliphatic carbocycles. The number of ether oxygens (including phenoxy) is 1. The minimum atomic E-state index is -0.402. The van der Waals surface area contributed by atoms with Crippen molar-refractivity contribution in [1.82, 2.24) is 5.43 Å². The van der Waals surface area contributed by atoms with E-state index >= 15 is 0 Å². The van der Waals surface area contributed by atoms with Crippen LogP contribution >= 0.6 is 23.2 Å². The third-order valence-corrected chi connectivity index (χ3v) is 4.07. The summed E-state index contributed by atoms with van der Waals surface area (Å²) in [5.74, 6) is 0.611. The first-order valence-electron chi connectivity index (χ1n) is 7.87. The van der Waals surface area contributed by atoms with Crippen molar-refractivity contribution in [3.05, 3.63) is 87.9 Å². The number of hydrogen-bond acceptors (Lipinski definition) is 4. The molecule has 0 unspecified atom stereocenters. The second-order valence-electron chi connectivity index (χ2n) is 5.48. The van der Waals surface area contributed by atoms with Crippen molar-refractivity contribution in [3.63, 3.8) is 0 Å². The Hall–Kier alpha value is -3.02. The SMILES string of the molecule is O=C(NN=Cc1cc(Cl)c(O)c(Cl)c1)c1cccc(Oc2ccccc2)c1. The van der Waals surface area contributed by atoms with Gasteiger partial charge in [-0.2, -0.15) is 5.10 Å². The summed E-state index contributed by atoms with van der Waals surface area (Å²) in [5.41, 5.74) is 3.34. The summed E-state index contributed by atoms with van der Waals surface area (Å²) in [4.78, 5) is 12.3. The lowest BCUT2D eigenvalue weighted by molar-refractivity contribution is 0.0955. The normalized spacial score (nSPS) is 10.7. The van der Waals surface area contributed by atoms with E-state index in [1.165, 1.54) is 18.3 Å². The molecule has 0 bridgehead atoms. The van der Waals surface area contributed by atoms with Gasteiger partial charge in [0.1, 0.15) is 11.5 Å². The Balaban J connectivity index is 1.67. The van der Waals surface area contributed by atoms with E-state index in [0.717, 1.165) is 0 Å². The standard InChI is InChI=1S/C20H14Cl2N2O3/c21-17-9-13(10-18(22)19(17)25)12-23-24-20(26)14-5-4-8-16(11-14)27-15-6-2-1-3-7-15/h1-12,25H,(H,24,26). The molecule has 0 radical (unpaired) electrons. The van der Waals surface area contributed by atoms with Crippen LogP contribution in [0.15, 0.2) is 71.8 Å². The molecule has 136 valence electrons. The molecule has 3 aromatic carbocycles. The van der Waals surface area contributed by atoms with Gasteiger partial charge < -0.3 is 9.84 Å². The summed E-state index contributed by atoms with van der Waals surface area (Å²) in [7, 11) is 0. The van der Waals surface area contributed by atoms with Crippen LogP contribution in [-0.4, -0.2) is 17.2 Å². The fourth-order valence-electron chi connectivity index (χ4n) is 2.22. The molecule has 5 nitrogen and oxygen atoms in total. The van der Waals surface area contributed by atoms with E-state index in [-0.39, 0.29) is 15.8 Å². The molecule has 0 aliphatic rings. The maximum absolute atomic E-state index is 12.3. The third kappa shape index (κ3) is 5.00. The Bertz CT molecular complexity index is 969. The van der Waals surface area contributed by atoms with Gasteiger partial charge in [0, 0.05) is 5.56 Å². The van der Waals surface area contributed by atoms with Gasteiger partial charge in [-0.1, -0.05) is 47.5 Å². The average Bonchev–Trinajstić information content (AvgIpc) is 2.67. The van der Waals surface area contributed by atoms with Crippen LogP contribution in [0.2, 0.25) is 10.0 Å². The van der Waals surface area contributed by atoms with Crippen LogP contribution in [0.5, 0.6) is 17.2 Å². The molecule has 3 rings (SSSR count). The van der Waals surface area contributed by atoms with Crippen molar-refractivity contribution in [1.29, 1.82) is 0 Å². The highest BCUT2D eigenvalue weighted by Gasteiger charge is 2.07. The van der Waals surface area contributed by atoms with Crippen molar-refractivity contribution in [2.45, 2.75) is 0 Å². The van der Waals surface area contributed by atoms with E-state index < -0.39 is 5.91 Å². The van der Waals surface area contributed by atoms with Crippen LogP contribution in [0.4, 0.5) is 0 Å². The number of nitrogens with zero attached hydrogens (tertiary/aromatic N) is 1. The largest absolute Gasteiger partial charge is 0.505 e. The smallest absolute Gasteiger partial charge is 0.271 e. The maximum Gasteiger partial charge on any atom is 0.271 e. The molecule has 0 saturated heterocycles. The quantitative estimate of drug-likeness (QED) is 0.453. The lowest BCUT2D eigenvalue weighted by atomic mass is 10.2. The van der Waals surface area contributed by atoms with Gasteiger partial charge in [-0.05, 0) is 48.0 Å². The van der Waals surface area contributed by atoms with Gasteiger partial charge in [0.15, 0.2) is 5.75 Å². The van der Waals surface area contributed by atoms with Gasteiger partial charge in [-0.15, -0.1) is 0 Å². The van der Waals surface area contributed by atoms with Gasteiger partial charge in [0.25, 0.3) is 5.91 Å². The zero-order chi connectivity index (χ0) is 19.2. The number of carbonyl (C=O) groups excluding carboxylic acids is 1. The number of phenolic OH excluding ortho intramolecular Hbond substituents is 1. The fourth-order valence-corrected chi connectivity index (χ4v) is 2.72. The molecule has 0 heterocycles. The second kappa shape index (κ2) is 8.58. The summed E-state index contributed by atoms with van der Waals surface area (Å²) < 4.78 is 5.71. The maximum atomic E-state index is 12.3. The van der Waals surface area contributed by atoms with Crippen molar-refractivity contribution in [3.8, 4) is 17.2 Å². The number of phenols is 1. The van der Waals surface area contributed by atoms with Crippen LogP contribution < -0.4 is 10.2 Å². The highest BCUT2D eigenvalue weighted by Crippen LogP contribution is 2.32. The topological polar surface area (TPSA) is 70.9 Å². The molecule has 0 spiro atoms. The number of halogens is 2. The molecule has 7 heteroatoms. The van der Waals surface area contributed by atoms with Crippen LogP contribution in [-0.2, 0) is 0 Å². The molecule has 2 N–H and O–H groups in total. The van der Waals surface area contributed by atoms with E-state index in [4.69, 9.17) is 27.9 Å². The zero-order valence-corrected chi connectivity index (χ0v) is 15.4. The molecule has 1 amide bonds. The minimum absolute atomic E-state index is 0.0982. The molecule has 3 aromatic rings. The lowest BCUT2D eigenvalue weighted by Crippen LogP contribution is -2.17. The minimum Gasteiger partial charge on any atom is -0.505 e. The Labute approximate surface area is 165 Å². The number of nitrogens with one attached hydrogen (secondary N) is 1. The molecule has 0 aromatic heterocycles. The predicted molar refractivity (Wildman–Crippen MR) is 106 cm³/mol. The molecule has 0 atom stereocenters. The van der Waals surface area contributed by atoms with Crippen LogP contribution in [0.1, 0.15) is 15.9 Å². The number of para-hydroxylation sites is 1. The number of aromatic hydroxyl groups is 1. The van der Waals surface area contributed by atoms with Crippen LogP contribution in [0.25, 0.3) is 0 Å². The second-order valence-corrected chi connectivity index (χ2v) is 6.29. The van der Waals surface area contributed by atoms with Crippen molar-refractivity contribution >= 4 is 35.3 Å². The number of benzene rings is 3. The summed E-state index contributed by atoms with van der Waals surface area (Å²) >= 11 is 11.7. The molecular formula is C20H14Cl2N2O3. The van der Waals surface area contributed by atoms with Crippen molar-refractivity contribution < 1.29 is 14.6 Å². The summed E-state index contributed by atoms with van der Waals surface area (Å²) in [6.07, 6.45) is 1.37. The van der Waals surface area contributed by atoms with Gasteiger partial charge in [-0.3, -0.25) is 4.79 Å². The van der Waals surface area contributed by atoms with Gasteiger partial charge in [-0.25, -0.2) is 5.43 Å². The van der Waals surface area contributed by atoms with Gasteiger partial charge in [0.05, 0.1) is 16.3 Å². The van der Waals surface area contributed by atoms with Gasteiger partial charge in [0.2, 0.25) is 0 Å². The first kappa shape index (κ1) is 18.8. The van der Waals surface area contributed by atoms with Crippen LogP contribution in [0, 0.1) is 0 Å². The first-order chi connectivity index (χ1) is 13.0. The third-order valence-electron chi connectivity index (χ3n) is 3.49. The van der Waals surface area contributed by atoms with E-state index in [9.17, 15) is 9.90 Å². The Morgan fingerprint density at radius 3 is 2.33 bits per heavy atom. The fraction of sp³-hybridized carbons (Fsp3) is 0. The molecule has 0 aliphatic heterocycles. The number of amides is 1. The molecule has 27 heavy (non-hydrogen) atoms.